The van der Waals surface area contributed by atoms with Crippen LogP contribution in [0.5, 0.6) is 5.75 Å². The van der Waals surface area contributed by atoms with Gasteiger partial charge >= 0.3 is 0 Å². The SMILES string of the molecule is CCNC(=O)c1c(OC)c(=O)cc2n1[C@H](CO)CC2Br. The highest BCUT2D eigenvalue weighted by atomic mass is 79.9. The number of hydrogen-bond donors (Lipinski definition) is 2. The van der Waals surface area contributed by atoms with E-state index in [0.29, 0.717) is 18.7 Å². The van der Waals surface area contributed by atoms with Gasteiger partial charge in [-0.25, -0.2) is 0 Å². The molecule has 7 heteroatoms. The number of hydrogen-bond acceptors (Lipinski definition) is 4. The van der Waals surface area contributed by atoms with Gasteiger partial charge in [-0.15, -0.1) is 0 Å². The number of methoxy groups -OCH3 is 1. The number of alkyl halides is 1. The highest BCUT2D eigenvalue weighted by Crippen LogP contribution is 2.41. The molecule has 1 amide bonds. The zero-order chi connectivity index (χ0) is 14.9. The monoisotopic (exact) mass is 344 g/mol. The molecule has 1 aromatic heterocycles. The lowest BCUT2D eigenvalue weighted by Crippen LogP contribution is -2.31. The summed E-state index contributed by atoms with van der Waals surface area (Å²) in [5.74, 6) is -0.358. The Labute approximate surface area is 124 Å². The lowest BCUT2D eigenvalue weighted by molar-refractivity contribution is 0.0937. The van der Waals surface area contributed by atoms with E-state index in [0.717, 1.165) is 0 Å². The molecule has 1 unspecified atom stereocenters. The number of aliphatic hydroxyl groups excluding tert-OH is 1. The summed E-state index contributed by atoms with van der Waals surface area (Å²) in [5.41, 5.74) is 0.539. The van der Waals surface area contributed by atoms with Crippen LogP contribution in [0.15, 0.2) is 10.9 Å². The maximum Gasteiger partial charge on any atom is 0.271 e. The number of carbonyl (C=O) groups excluding carboxylic acids is 1. The van der Waals surface area contributed by atoms with Crippen LogP contribution in [0, 0.1) is 0 Å². The fraction of sp³-hybridized carbons (Fsp3) is 0.538. The number of halogens is 1. The fourth-order valence-corrected chi connectivity index (χ4v) is 3.32. The second kappa shape index (κ2) is 5.97. The summed E-state index contributed by atoms with van der Waals surface area (Å²) in [5, 5.41) is 12.2. The normalized spacial score (nSPS) is 20.6. The molecule has 0 saturated heterocycles. The van der Waals surface area contributed by atoms with Gasteiger partial charge in [0.05, 0.1) is 24.6 Å². The first kappa shape index (κ1) is 15.1. The molecular formula is C13H17BrN2O4. The zero-order valence-corrected chi connectivity index (χ0v) is 12.9. The highest BCUT2D eigenvalue weighted by molar-refractivity contribution is 9.09. The molecule has 20 heavy (non-hydrogen) atoms. The van der Waals surface area contributed by atoms with Crippen LogP contribution >= 0.6 is 15.9 Å². The number of pyridine rings is 1. The molecule has 2 rings (SSSR count). The molecule has 110 valence electrons. The first-order valence-electron chi connectivity index (χ1n) is 6.41. The van der Waals surface area contributed by atoms with Crippen LogP contribution in [0.4, 0.5) is 0 Å². The van der Waals surface area contributed by atoms with Crippen molar-refractivity contribution in [2.24, 2.45) is 0 Å². The molecule has 6 nitrogen and oxygen atoms in total. The van der Waals surface area contributed by atoms with E-state index < -0.39 is 0 Å². The zero-order valence-electron chi connectivity index (χ0n) is 11.4. The standard InChI is InChI=1S/C13H17BrN2O4/c1-3-15-13(19)11-12(20-2)10(18)5-9-8(14)4-7(6-17)16(9)11/h5,7-8,17H,3-4,6H2,1-2H3,(H,15,19)/t7-,8?/m0/s1. The second-order valence-electron chi connectivity index (χ2n) is 4.58. The van der Waals surface area contributed by atoms with E-state index in [4.69, 9.17) is 4.74 Å². The third kappa shape index (κ3) is 2.35. The van der Waals surface area contributed by atoms with Crippen LogP contribution in [0.25, 0.3) is 0 Å². The van der Waals surface area contributed by atoms with Gasteiger partial charge in [0.15, 0.2) is 11.4 Å². The van der Waals surface area contributed by atoms with Crippen molar-refractivity contribution in [2.45, 2.75) is 24.2 Å². The molecule has 0 fully saturated rings. The van der Waals surface area contributed by atoms with E-state index in [1.807, 2.05) is 0 Å². The third-order valence-electron chi connectivity index (χ3n) is 3.37. The van der Waals surface area contributed by atoms with Crippen molar-refractivity contribution < 1.29 is 14.6 Å². The first-order chi connectivity index (χ1) is 9.54. The van der Waals surface area contributed by atoms with Gasteiger partial charge in [-0.05, 0) is 13.3 Å². The van der Waals surface area contributed by atoms with Crippen molar-refractivity contribution >= 4 is 21.8 Å². The Kier molecular flexibility index (Phi) is 4.49. The Morgan fingerprint density at radius 3 is 2.90 bits per heavy atom. The van der Waals surface area contributed by atoms with Crippen molar-refractivity contribution in [3.63, 3.8) is 0 Å². The molecule has 1 aromatic rings. The molecule has 2 heterocycles. The first-order valence-corrected chi connectivity index (χ1v) is 7.33. The maximum absolute atomic E-state index is 12.3. The van der Waals surface area contributed by atoms with E-state index >= 15 is 0 Å². The predicted molar refractivity (Wildman–Crippen MR) is 77.7 cm³/mol. The number of fused-ring (bicyclic) bond motifs is 1. The van der Waals surface area contributed by atoms with Crippen LogP contribution in [0.3, 0.4) is 0 Å². The summed E-state index contributed by atoms with van der Waals surface area (Å²) < 4.78 is 6.80. The molecule has 1 aliphatic rings. The Balaban J connectivity index is 2.71. The molecule has 0 aromatic carbocycles. The number of rotatable bonds is 4. The van der Waals surface area contributed by atoms with Gasteiger partial charge < -0.3 is 19.7 Å². The van der Waals surface area contributed by atoms with Crippen LogP contribution in [-0.2, 0) is 0 Å². The minimum absolute atomic E-state index is 0.0137. The van der Waals surface area contributed by atoms with Crippen molar-refractivity contribution in [3.8, 4) is 5.75 Å². The Morgan fingerprint density at radius 1 is 1.65 bits per heavy atom. The van der Waals surface area contributed by atoms with Crippen molar-refractivity contribution in [1.29, 1.82) is 0 Å². The average Bonchev–Trinajstić information content (AvgIpc) is 2.74. The lowest BCUT2D eigenvalue weighted by Gasteiger charge is -2.19. The number of ether oxygens (including phenoxy) is 1. The third-order valence-corrected chi connectivity index (χ3v) is 4.21. The Hall–Kier alpha value is -1.34. The molecule has 1 aliphatic heterocycles. The van der Waals surface area contributed by atoms with Gasteiger partial charge in [0.25, 0.3) is 5.91 Å². The highest BCUT2D eigenvalue weighted by Gasteiger charge is 2.34. The smallest absolute Gasteiger partial charge is 0.271 e. The molecule has 2 atom stereocenters. The van der Waals surface area contributed by atoms with Crippen molar-refractivity contribution in [1.82, 2.24) is 9.88 Å². The van der Waals surface area contributed by atoms with E-state index in [2.05, 4.69) is 21.2 Å². The number of nitrogens with one attached hydrogen (secondary N) is 1. The summed E-state index contributed by atoms with van der Waals surface area (Å²) >= 11 is 3.48. The number of amides is 1. The molecule has 0 aliphatic carbocycles. The fourth-order valence-electron chi connectivity index (χ4n) is 2.53. The predicted octanol–water partition coefficient (Wildman–Crippen LogP) is 0.980. The van der Waals surface area contributed by atoms with E-state index in [-0.39, 0.29) is 40.3 Å². The summed E-state index contributed by atoms with van der Waals surface area (Å²) in [6.45, 7) is 2.14. The van der Waals surface area contributed by atoms with Crippen molar-refractivity contribution in [2.75, 3.05) is 20.3 Å². The van der Waals surface area contributed by atoms with Gasteiger partial charge in [-0.1, -0.05) is 15.9 Å². The summed E-state index contributed by atoms with van der Waals surface area (Å²) in [7, 11) is 1.36. The Morgan fingerprint density at radius 2 is 2.35 bits per heavy atom. The number of carbonyl (C=O) groups is 1. The van der Waals surface area contributed by atoms with Gasteiger partial charge in [0.1, 0.15) is 0 Å². The summed E-state index contributed by atoms with van der Waals surface area (Å²) in [6, 6.07) is 1.21. The lowest BCUT2D eigenvalue weighted by atomic mass is 10.2. The molecule has 0 bridgehead atoms. The number of aliphatic hydroxyl groups is 1. The molecule has 2 N–H and O–H groups in total. The van der Waals surface area contributed by atoms with Crippen LogP contribution in [0.2, 0.25) is 0 Å². The largest absolute Gasteiger partial charge is 0.491 e. The maximum atomic E-state index is 12.3. The summed E-state index contributed by atoms with van der Waals surface area (Å²) in [6.07, 6.45) is 0.621. The molecule has 0 spiro atoms. The topological polar surface area (TPSA) is 80.6 Å². The Bertz CT molecular complexity index is 584. The number of nitrogens with zero attached hydrogens (tertiary/aromatic N) is 1. The second-order valence-corrected chi connectivity index (χ2v) is 5.69. The van der Waals surface area contributed by atoms with E-state index in [1.165, 1.54) is 13.2 Å². The van der Waals surface area contributed by atoms with Gasteiger partial charge in [-0.3, -0.25) is 9.59 Å². The molecule has 0 saturated carbocycles. The van der Waals surface area contributed by atoms with Crippen molar-refractivity contribution in [3.05, 3.63) is 27.7 Å². The quantitative estimate of drug-likeness (QED) is 0.798. The van der Waals surface area contributed by atoms with Crippen LogP contribution in [0.1, 0.15) is 40.4 Å². The van der Waals surface area contributed by atoms with E-state index in [1.54, 1.807) is 11.5 Å². The minimum Gasteiger partial charge on any atom is -0.491 e. The van der Waals surface area contributed by atoms with Gasteiger partial charge in [0.2, 0.25) is 5.43 Å². The number of aromatic nitrogens is 1. The minimum atomic E-state index is -0.372. The van der Waals surface area contributed by atoms with Crippen LogP contribution < -0.4 is 15.5 Å². The van der Waals surface area contributed by atoms with Crippen LogP contribution in [-0.4, -0.2) is 35.8 Å². The van der Waals surface area contributed by atoms with E-state index in [9.17, 15) is 14.7 Å². The average molecular weight is 345 g/mol. The van der Waals surface area contributed by atoms with Gasteiger partial charge in [-0.2, -0.15) is 0 Å². The van der Waals surface area contributed by atoms with Gasteiger partial charge in [0, 0.05) is 18.3 Å². The molecule has 0 radical (unpaired) electrons. The molecular weight excluding hydrogens is 328 g/mol. The summed E-state index contributed by atoms with van der Waals surface area (Å²) in [4.78, 5) is 24.3.